The van der Waals surface area contributed by atoms with Crippen LogP contribution in [0.4, 0.5) is 5.13 Å². The first-order valence-corrected chi connectivity index (χ1v) is 11.3. The van der Waals surface area contributed by atoms with Crippen molar-refractivity contribution < 1.29 is 13.2 Å². The van der Waals surface area contributed by atoms with Gasteiger partial charge in [0.25, 0.3) is 0 Å². The van der Waals surface area contributed by atoms with Crippen LogP contribution in [-0.2, 0) is 10.0 Å². The molecule has 1 aromatic carbocycles. The van der Waals surface area contributed by atoms with Gasteiger partial charge >= 0.3 is 0 Å². The smallest absolute Gasteiger partial charge is 0.242 e. The van der Waals surface area contributed by atoms with Crippen LogP contribution in [0.5, 0.6) is 0 Å². The highest BCUT2D eigenvalue weighted by molar-refractivity contribution is 8.01. The maximum absolute atomic E-state index is 12.4. The Bertz CT molecular complexity index is 850. The summed E-state index contributed by atoms with van der Waals surface area (Å²) >= 11 is 3.06. The van der Waals surface area contributed by atoms with Crippen molar-refractivity contribution in [1.82, 2.24) is 14.5 Å². The number of anilines is 1. The summed E-state index contributed by atoms with van der Waals surface area (Å²) in [6, 6.07) is 6.04. The zero-order chi connectivity index (χ0) is 19.2. The first-order valence-electron chi connectivity index (χ1n) is 8.10. The minimum Gasteiger partial charge on any atom is -0.353 e. The SMILES string of the molecule is CCCCSc1nnc(NCC(=O)c2cccc(S(=O)(=O)N(C)C)c2)s1. The summed E-state index contributed by atoms with van der Waals surface area (Å²) in [6.07, 6.45) is 2.26. The normalized spacial score (nSPS) is 11.7. The van der Waals surface area contributed by atoms with E-state index in [1.807, 2.05) is 0 Å². The van der Waals surface area contributed by atoms with Crippen molar-refractivity contribution in [3.05, 3.63) is 29.8 Å². The van der Waals surface area contributed by atoms with Crippen molar-refractivity contribution >= 4 is 44.0 Å². The van der Waals surface area contributed by atoms with Gasteiger partial charge in [-0.25, -0.2) is 12.7 Å². The molecule has 142 valence electrons. The second kappa shape index (κ2) is 9.45. The van der Waals surface area contributed by atoms with E-state index in [1.165, 1.54) is 37.6 Å². The molecule has 0 aliphatic carbocycles. The van der Waals surface area contributed by atoms with Gasteiger partial charge < -0.3 is 5.32 Å². The lowest BCUT2D eigenvalue weighted by molar-refractivity contribution is 0.101. The maximum atomic E-state index is 12.4. The van der Waals surface area contributed by atoms with Crippen LogP contribution in [-0.4, -0.2) is 55.1 Å². The topological polar surface area (TPSA) is 92.3 Å². The molecule has 0 radical (unpaired) electrons. The lowest BCUT2D eigenvalue weighted by Gasteiger charge is -2.12. The highest BCUT2D eigenvalue weighted by Crippen LogP contribution is 2.26. The summed E-state index contributed by atoms with van der Waals surface area (Å²) in [7, 11) is -0.660. The van der Waals surface area contributed by atoms with Gasteiger partial charge in [0, 0.05) is 25.4 Å². The minimum atomic E-state index is -3.57. The average Bonchev–Trinajstić information content (AvgIpc) is 3.07. The van der Waals surface area contributed by atoms with Crippen LogP contribution in [0.15, 0.2) is 33.5 Å². The van der Waals surface area contributed by atoms with Crippen LogP contribution in [0.1, 0.15) is 30.1 Å². The minimum absolute atomic E-state index is 0.0275. The van der Waals surface area contributed by atoms with Gasteiger partial charge in [-0.15, -0.1) is 10.2 Å². The molecular formula is C16H22N4O3S3. The molecule has 0 saturated heterocycles. The summed E-state index contributed by atoms with van der Waals surface area (Å²) in [4.78, 5) is 12.5. The molecular weight excluding hydrogens is 392 g/mol. The van der Waals surface area contributed by atoms with Crippen molar-refractivity contribution in [2.24, 2.45) is 0 Å². The quantitative estimate of drug-likeness (QED) is 0.363. The highest BCUT2D eigenvalue weighted by atomic mass is 32.2. The van der Waals surface area contributed by atoms with E-state index in [0.29, 0.717) is 10.7 Å². The molecule has 0 saturated carbocycles. The second-order valence-corrected chi connectivity index (χ2v) is 10.1. The number of unbranched alkanes of at least 4 members (excludes halogenated alkanes) is 1. The summed E-state index contributed by atoms with van der Waals surface area (Å²) in [5.41, 5.74) is 0.336. The second-order valence-electron chi connectivity index (χ2n) is 5.67. The van der Waals surface area contributed by atoms with Crippen molar-refractivity contribution in [2.45, 2.75) is 29.0 Å². The van der Waals surface area contributed by atoms with Gasteiger partial charge in [-0.05, 0) is 18.6 Å². The number of benzene rings is 1. The fourth-order valence-corrected chi connectivity index (χ4v) is 4.79. The van der Waals surface area contributed by atoms with Crippen molar-refractivity contribution in [3.63, 3.8) is 0 Å². The van der Waals surface area contributed by atoms with E-state index in [1.54, 1.807) is 23.9 Å². The standard InChI is InChI=1S/C16H22N4O3S3/c1-4-5-9-24-16-19-18-15(25-16)17-11-14(21)12-7-6-8-13(10-12)26(22,23)20(2)3/h6-8,10H,4-5,9,11H2,1-3H3,(H,17,18). The molecule has 0 unspecified atom stereocenters. The first kappa shape index (κ1) is 20.8. The van der Waals surface area contributed by atoms with Crippen molar-refractivity contribution in [1.29, 1.82) is 0 Å². The Balaban J connectivity index is 1.98. The van der Waals surface area contributed by atoms with Crippen LogP contribution in [0, 0.1) is 0 Å². The van der Waals surface area contributed by atoms with E-state index >= 15 is 0 Å². The lowest BCUT2D eigenvalue weighted by Crippen LogP contribution is -2.22. The van der Waals surface area contributed by atoms with Gasteiger partial charge in [0.15, 0.2) is 10.1 Å². The number of sulfonamides is 1. The molecule has 7 nitrogen and oxygen atoms in total. The van der Waals surface area contributed by atoms with Crippen LogP contribution >= 0.6 is 23.1 Å². The molecule has 1 N–H and O–H groups in total. The van der Waals surface area contributed by atoms with Gasteiger partial charge in [0.05, 0.1) is 11.4 Å². The van der Waals surface area contributed by atoms with E-state index in [4.69, 9.17) is 0 Å². The molecule has 1 aromatic heterocycles. The third kappa shape index (κ3) is 5.50. The molecule has 1 heterocycles. The average molecular weight is 415 g/mol. The summed E-state index contributed by atoms with van der Waals surface area (Å²) in [5.74, 6) is 0.785. The predicted molar refractivity (Wildman–Crippen MR) is 106 cm³/mol. The lowest BCUT2D eigenvalue weighted by atomic mass is 10.1. The number of hydrogen-bond donors (Lipinski definition) is 1. The third-order valence-corrected chi connectivity index (χ3v) is 7.38. The van der Waals surface area contributed by atoms with E-state index in [2.05, 4.69) is 22.4 Å². The van der Waals surface area contributed by atoms with Crippen LogP contribution in [0.25, 0.3) is 0 Å². The van der Waals surface area contributed by atoms with E-state index in [0.717, 1.165) is 27.2 Å². The number of carbonyl (C=O) groups is 1. The van der Waals surface area contributed by atoms with Gasteiger partial charge in [-0.2, -0.15) is 0 Å². The van der Waals surface area contributed by atoms with Crippen molar-refractivity contribution in [3.8, 4) is 0 Å². The molecule has 26 heavy (non-hydrogen) atoms. The Morgan fingerprint density at radius 2 is 2.08 bits per heavy atom. The fourth-order valence-electron chi connectivity index (χ4n) is 1.94. The third-order valence-electron chi connectivity index (χ3n) is 3.46. The first-order chi connectivity index (χ1) is 12.3. The van der Waals surface area contributed by atoms with Crippen LogP contribution in [0.3, 0.4) is 0 Å². The number of hydrogen-bond acceptors (Lipinski definition) is 8. The number of nitrogens with zero attached hydrogens (tertiary/aromatic N) is 3. The number of rotatable bonds is 10. The summed E-state index contributed by atoms with van der Waals surface area (Å²) in [6.45, 7) is 2.16. The monoisotopic (exact) mass is 414 g/mol. The van der Waals surface area contributed by atoms with Gasteiger partial charge in [0.1, 0.15) is 0 Å². The molecule has 0 spiro atoms. The maximum Gasteiger partial charge on any atom is 0.242 e. The number of thioether (sulfide) groups is 1. The van der Waals surface area contributed by atoms with Gasteiger partial charge in [-0.1, -0.05) is 48.6 Å². The van der Waals surface area contributed by atoms with E-state index in [9.17, 15) is 13.2 Å². The molecule has 0 amide bonds. The fraction of sp³-hybridized carbons (Fsp3) is 0.438. The molecule has 10 heteroatoms. The zero-order valence-corrected chi connectivity index (χ0v) is 17.4. The summed E-state index contributed by atoms with van der Waals surface area (Å²) in [5, 5.41) is 11.6. The number of Topliss-reactive ketones (excluding diaryl/α,β-unsaturated/α-hetero) is 1. The predicted octanol–water partition coefficient (Wildman–Crippen LogP) is 2.98. The molecule has 0 aliphatic heterocycles. The number of ketones is 1. The largest absolute Gasteiger partial charge is 0.353 e. The highest BCUT2D eigenvalue weighted by Gasteiger charge is 2.18. The summed E-state index contributed by atoms with van der Waals surface area (Å²) < 4.78 is 26.3. The zero-order valence-electron chi connectivity index (χ0n) is 14.9. The molecule has 2 rings (SSSR count). The molecule has 2 aromatic rings. The van der Waals surface area contributed by atoms with Crippen LogP contribution in [0.2, 0.25) is 0 Å². The Hall–Kier alpha value is -1.49. The number of carbonyl (C=O) groups excluding carboxylic acids is 1. The molecule has 0 fully saturated rings. The molecule has 0 atom stereocenters. The van der Waals surface area contributed by atoms with E-state index < -0.39 is 10.0 Å². The van der Waals surface area contributed by atoms with Gasteiger partial charge in [0.2, 0.25) is 15.2 Å². The Morgan fingerprint density at radius 3 is 2.77 bits per heavy atom. The molecule has 0 aliphatic rings. The van der Waals surface area contributed by atoms with Gasteiger partial charge in [-0.3, -0.25) is 4.79 Å². The van der Waals surface area contributed by atoms with E-state index in [-0.39, 0.29) is 17.2 Å². The number of aromatic nitrogens is 2. The Kier molecular flexibility index (Phi) is 7.56. The molecule has 0 bridgehead atoms. The Labute approximate surface area is 162 Å². The van der Waals surface area contributed by atoms with Crippen molar-refractivity contribution in [2.75, 3.05) is 31.7 Å². The number of nitrogens with one attached hydrogen (secondary N) is 1. The Morgan fingerprint density at radius 1 is 1.31 bits per heavy atom. The van der Waals surface area contributed by atoms with Crippen LogP contribution < -0.4 is 5.32 Å².